The van der Waals surface area contributed by atoms with Gasteiger partial charge in [-0.05, 0) is 55.7 Å². The zero-order chi connectivity index (χ0) is 21.6. The van der Waals surface area contributed by atoms with E-state index in [9.17, 15) is 17.6 Å². The highest BCUT2D eigenvalue weighted by Crippen LogP contribution is 2.27. The third kappa shape index (κ3) is 5.68. The second-order valence-corrected chi connectivity index (χ2v) is 9.18. The summed E-state index contributed by atoms with van der Waals surface area (Å²) in [6.45, 7) is 1.34. The number of amides is 1. The molecule has 0 unspecified atom stereocenters. The molecule has 0 saturated carbocycles. The summed E-state index contributed by atoms with van der Waals surface area (Å²) in [5.74, 6) is -0.0749. The van der Waals surface area contributed by atoms with Crippen LogP contribution in [0.5, 0.6) is 5.75 Å². The third-order valence-corrected chi connectivity index (χ3v) is 7.21. The van der Waals surface area contributed by atoms with Gasteiger partial charge in [0.1, 0.15) is 21.6 Å². The van der Waals surface area contributed by atoms with Crippen LogP contribution in [-0.4, -0.2) is 49.9 Å². The summed E-state index contributed by atoms with van der Waals surface area (Å²) in [7, 11) is -3.73. The Bertz CT molecular complexity index is 964. The molecule has 0 atom stereocenters. The van der Waals surface area contributed by atoms with Crippen molar-refractivity contribution in [3.8, 4) is 5.75 Å². The Labute approximate surface area is 180 Å². The molecule has 162 valence electrons. The lowest BCUT2D eigenvalue weighted by Gasteiger charge is -2.30. The molecule has 1 saturated heterocycles. The predicted molar refractivity (Wildman–Crippen MR) is 110 cm³/mol. The molecule has 30 heavy (non-hydrogen) atoms. The molecule has 0 radical (unpaired) electrons. The van der Waals surface area contributed by atoms with Crippen molar-refractivity contribution in [1.29, 1.82) is 0 Å². The number of piperidine rings is 1. The number of hydrogen-bond donors (Lipinski definition) is 1. The van der Waals surface area contributed by atoms with Gasteiger partial charge in [-0.3, -0.25) is 4.79 Å². The van der Waals surface area contributed by atoms with E-state index in [0.29, 0.717) is 38.2 Å². The summed E-state index contributed by atoms with van der Waals surface area (Å²) in [5, 5.41) is 2.81. The van der Waals surface area contributed by atoms with Crippen molar-refractivity contribution in [3.05, 3.63) is 53.6 Å². The van der Waals surface area contributed by atoms with Gasteiger partial charge in [-0.15, -0.1) is 0 Å². The fraction of sp³-hybridized carbons (Fsp3) is 0.400. The average Bonchev–Trinajstić information content (AvgIpc) is 2.75. The van der Waals surface area contributed by atoms with Crippen molar-refractivity contribution in [3.63, 3.8) is 0 Å². The molecule has 2 aromatic rings. The Morgan fingerprint density at radius 2 is 1.93 bits per heavy atom. The Morgan fingerprint density at radius 1 is 1.23 bits per heavy atom. The van der Waals surface area contributed by atoms with Crippen LogP contribution in [0.3, 0.4) is 0 Å². The monoisotopic (exact) mass is 455 g/mol. The van der Waals surface area contributed by atoms with Gasteiger partial charge in [0.15, 0.2) is 0 Å². The van der Waals surface area contributed by atoms with Crippen molar-refractivity contribution in [2.75, 3.05) is 26.2 Å². The highest BCUT2D eigenvalue weighted by Gasteiger charge is 2.33. The first-order chi connectivity index (χ1) is 14.4. The van der Waals surface area contributed by atoms with Gasteiger partial charge in [-0.2, -0.15) is 4.31 Å². The number of carbonyl (C=O) groups is 1. The quantitative estimate of drug-likeness (QED) is 0.488. The van der Waals surface area contributed by atoms with Crippen LogP contribution in [0.1, 0.15) is 19.3 Å². The van der Waals surface area contributed by atoms with Crippen LogP contribution in [0.25, 0.3) is 0 Å². The summed E-state index contributed by atoms with van der Waals surface area (Å²) in [4.78, 5) is 16.2. The number of halogens is 2. The van der Waals surface area contributed by atoms with Crippen molar-refractivity contribution in [2.45, 2.75) is 24.2 Å². The summed E-state index contributed by atoms with van der Waals surface area (Å²) in [6.07, 6.45) is 2.92. The molecule has 1 aliphatic heterocycles. The minimum atomic E-state index is -3.73. The number of aromatic nitrogens is 1. The zero-order valence-corrected chi connectivity index (χ0v) is 17.8. The van der Waals surface area contributed by atoms with E-state index < -0.39 is 10.0 Å². The molecule has 1 aromatic carbocycles. The standard InChI is InChI=1S/C20H23ClFN3O4S/c21-19-18(3-1-10-23-19)30(27,28)25-12-8-15(9-13-25)20(26)24-11-2-14-29-17-6-4-16(22)5-7-17/h1,3-7,10,15H,2,8-9,11-14H2,(H,24,26). The van der Waals surface area contributed by atoms with Gasteiger partial charge < -0.3 is 10.1 Å². The smallest absolute Gasteiger partial charge is 0.246 e. The molecule has 1 aromatic heterocycles. The predicted octanol–water partition coefficient (Wildman–Crippen LogP) is 2.86. The van der Waals surface area contributed by atoms with E-state index >= 15 is 0 Å². The van der Waals surface area contributed by atoms with Crippen LogP contribution in [-0.2, 0) is 14.8 Å². The number of sulfonamides is 1. The topological polar surface area (TPSA) is 88.6 Å². The molecule has 10 heteroatoms. The average molecular weight is 456 g/mol. The van der Waals surface area contributed by atoms with Gasteiger partial charge in [-0.25, -0.2) is 17.8 Å². The number of rotatable bonds is 8. The fourth-order valence-corrected chi connectivity index (χ4v) is 5.11. The minimum Gasteiger partial charge on any atom is -0.494 e. The minimum absolute atomic E-state index is 0.0178. The first-order valence-corrected chi connectivity index (χ1v) is 11.5. The van der Waals surface area contributed by atoms with Crippen LogP contribution in [0.15, 0.2) is 47.5 Å². The second-order valence-electron chi connectivity index (χ2n) is 6.92. The van der Waals surface area contributed by atoms with E-state index in [1.54, 1.807) is 12.1 Å². The maximum atomic E-state index is 12.8. The van der Waals surface area contributed by atoms with Gasteiger partial charge in [0.25, 0.3) is 0 Å². The number of benzene rings is 1. The Morgan fingerprint density at radius 3 is 2.60 bits per heavy atom. The molecule has 1 fully saturated rings. The highest BCUT2D eigenvalue weighted by molar-refractivity contribution is 7.89. The van der Waals surface area contributed by atoms with E-state index in [1.807, 2.05) is 0 Å². The zero-order valence-electron chi connectivity index (χ0n) is 16.3. The van der Waals surface area contributed by atoms with Gasteiger partial charge >= 0.3 is 0 Å². The molecule has 0 bridgehead atoms. The molecule has 1 N–H and O–H groups in total. The molecule has 0 spiro atoms. The summed E-state index contributed by atoms with van der Waals surface area (Å²) >= 11 is 5.93. The SMILES string of the molecule is O=C(NCCCOc1ccc(F)cc1)C1CCN(S(=O)(=O)c2cccnc2Cl)CC1. The lowest BCUT2D eigenvalue weighted by Crippen LogP contribution is -2.43. The van der Waals surface area contributed by atoms with Crippen LogP contribution in [0.4, 0.5) is 4.39 Å². The molecule has 2 heterocycles. The van der Waals surface area contributed by atoms with E-state index in [-0.39, 0.29) is 40.8 Å². The fourth-order valence-electron chi connectivity index (χ4n) is 3.21. The van der Waals surface area contributed by atoms with Crippen LogP contribution in [0.2, 0.25) is 5.15 Å². The van der Waals surface area contributed by atoms with Gasteiger partial charge in [0.05, 0.1) is 6.61 Å². The van der Waals surface area contributed by atoms with Crippen molar-refractivity contribution < 1.29 is 22.3 Å². The van der Waals surface area contributed by atoms with E-state index in [1.165, 1.54) is 34.8 Å². The summed E-state index contributed by atoms with van der Waals surface area (Å²) in [6, 6.07) is 8.71. The van der Waals surface area contributed by atoms with Crippen LogP contribution in [0, 0.1) is 11.7 Å². The maximum Gasteiger partial charge on any atom is 0.246 e. The van der Waals surface area contributed by atoms with Crippen molar-refractivity contribution in [2.24, 2.45) is 5.92 Å². The van der Waals surface area contributed by atoms with Gasteiger partial charge in [0, 0.05) is 31.7 Å². The molecule has 7 nitrogen and oxygen atoms in total. The largest absolute Gasteiger partial charge is 0.494 e. The lowest BCUT2D eigenvalue weighted by atomic mass is 9.97. The first kappa shape index (κ1) is 22.5. The number of nitrogens with one attached hydrogen (secondary N) is 1. The molecule has 1 amide bonds. The number of carbonyl (C=O) groups excluding carboxylic acids is 1. The first-order valence-electron chi connectivity index (χ1n) is 9.64. The summed E-state index contributed by atoms with van der Waals surface area (Å²) in [5.41, 5.74) is 0. The number of ether oxygens (including phenoxy) is 1. The Balaban J connectivity index is 1.40. The normalized spacial score (nSPS) is 15.7. The van der Waals surface area contributed by atoms with Crippen molar-refractivity contribution >= 4 is 27.5 Å². The van der Waals surface area contributed by atoms with Crippen LogP contribution >= 0.6 is 11.6 Å². The molecule has 3 rings (SSSR count). The number of hydrogen-bond acceptors (Lipinski definition) is 5. The van der Waals surface area contributed by atoms with Crippen molar-refractivity contribution in [1.82, 2.24) is 14.6 Å². The van der Waals surface area contributed by atoms with Gasteiger partial charge in [0.2, 0.25) is 15.9 Å². The van der Waals surface area contributed by atoms with Gasteiger partial charge in [-0.1, -0.05) is 11.6 Å². The molecule has 0 aliphatic carbocycles. The molecule has 1 aliphatic rings. The number of nitrogens with zero attached hydrogens (tertiary/aromatic N) is 2. The van der Waals surface area contributed by atoms with E-state index in [0.717, 1.165) is 0 Å². The Kier molecular flexibility index (Phi) is 7.63. The van der Waals surface area contributed by atoms with E-state index in [2.05, 4.69) is 10.3 Å². The second kappa shape index (κ2) is 10.2. The van der Waals surface area contributed by atoms with E-state index in [4.69, 9.17) is 16.3 Å². The Hall–Kier alpha value is -2.23. The highest BCUT2D eigenvalue weighted by atomic mass is 35.5. The maximum absolute atomic E-state index is 12.8. The summed E-state index contributed by atoms with van der Waals surface area (Å²) < 4.78 is 45.1. The van der Waals surface area contributed by atoms with Crippen LogP contribution < -0.4 is 10.1 Å². The lowest BCUT2D eigenvalue weighted by molar-refractivity contribution is -0.126. The molecular formula is C20H23ClFN3O4S. The number of pyridine rings is 1. The third-order valence-electron chi connectivity index (χ3n) is 4.87. The molecular weight excluding hydrogens is 433 g/mol.